The van der Waals surface area contributed by atoms with E-state index in [-0.39, 0.29) is 5.78 Å². The van der Waals surface area contributed by atoms with Gasteiger partial charge in [-0.2, -0.15) is 0 Å². The zero-order valence-corrected chi connectivity index (χ0v) is 13.5. The summed E-state index contributed by atoms with van der Waals surface area (Å²) in [7, 11) is 4.40. The number of methoxy groups -OCH3 is 3. The van der Waals surface area contributed by atoms with Gasteiger partial charge in [-0.15, -0.1) is 0 Å². The predicted octanol–water partition coefficient (Wildman–Crippen LogP) is 2.63. The molecular formula is C16H22O5. The maximum atomic E-state index is 12.0. The Morgan fingerprint density at radius 3 is 1.95 bits per heavy atom. The smallest absolute Gasteiger partial charge is 0.341 e. The Morgan fingerprint density at radius 1 is 0.952 bits per heavy atom. The molecule has 0 amide bonds. The van der Waals surface area contributed by atoms with Gasteiger partial charge in [0.1, 0.15) is 22.8 Å². The van der Waals surface area contributed by atoms with Gasteiger partial charge < -0.3 is 19.0 Å². The van der Waals surface area contributed by atoms with Gasteiger partial charge in [0, 0.05) is 12.0 Å². The third-order valence-corrected chi connectivity index (χ3v) is 3.53. The van der Waals surface area contributed by atoms with Gasteiger partial charge in [-0.05, 0) is 38.3 Å². The summed E-state index contributed by atoms with van der Waals surface area (Å²) in [5.41, 5.74) is 2.68. The van der Waals surface area contributed by atoms with Crippen molar-refractivity contribution in [1.29, 1.82) is 0 Å². The van der Waals surface area contributed by atoms with Crippen LogP contribution in [0.4, 0.5) is 0 Å². The Kier molecular flexibility index (Phi) is 5.76. The molecule has 0 radical (unpaired) electrons. The van der Waals surface area contributed by atoms with Crippen LogP contribution in [0.15, 0.2) is 0 Å². The van der Waals surface area contributed by atoms with E-state index in [0.717, 1.165) is 16.7 Å². The molecule has 0 aliphatic rings. The molecule has 0 heterocycles. The highest BCUT2D eigenvalue weighted by Crippen LogP contribution is 2.39. The lowest BCUT2D eigenvalue weighted by molar-refractivity contribution is -0.116. The molecule has 0 atom stereocenters. The molecule has 5 heteroatoms. The van der Waals surface area contributed by atoms with E-state index >= 15 is 0 Å². The molecule has 0 saturated carbocycles. The maximum absolute atomic E-state index is 12.0. The van der Waals surface area contributed by atoms with E-state index in [4.69, 9.17) is 14.2 Å². The van der Waals surface area contributed by atoms with E-state index in [1.54, 1.807) is 14.0 Å². The summed E-state index contributed by atoms with van der Waals surface area (Å²) in [6.45, 7) is 5.17. The molecule has 0 bridgehead atoms. The Labute approximate surface area is 125 Å². The van der Waals surface area contributed by atoms with E-state index in [1.807, 2.05) is 13.8 Å². The van der Waals surface area contributed by atoms with Crippen molar-refractivity contribution >= 4 is 11.8 Å². The number of ketones is 1. The number of ether oxygens (including phenoxy) is 3. The van der Waals surface area contributed by atoms with Gasteiger partial charge in [-0.3, -0.25) is 0 Å². The maximum Gasteiger partial charge on any atom is 0.341 e. The molecule has 1 aromatic rings. The predicted molar refractivity (Wildman–Crippen MR) is 79.4 cm³/mol. The molecule has 0 N–H and O–H groups in total. The average molecular weight is 294 g/mol. The van der Waals surface area contributed by atoms with Crippen LogP contribution in [0, 0.1) is 13.8 Å². The third kappa shape index (κ3) is 3.35. The van der Waals surface area contributed by atoms with Crippen molar-refractivity contribution in [3.05, 3.63) is 22.3 Å². The Balaban J connectivity index is 3.58. The third-order valence-electron chi connectivity index (χ3n) is 3.53. The quantitative estimate of drug-likeness (QED) is 0.755. The zero-order valence-electron chi connectivity index (χ0n) is 13.5. The average Bonchev–Trinajstić information content (AvgIpc) is 2.45. The number of carbonyl (C=O) groups excluding carboxylic acids is 2. The molecule has 21 heavy (non-hydrogen) atoms. The first-order valence-corrected chi connectivity index (χ1v) is 6.70. The largest absolute Gasteiger partial charge is 0.496 e. The van der Waals surface area contributed by atoms with E-state index in [0.29, 0.717) is 29.9 Å². The van der Waals surface area contributed by atoms with Gasteiger partial charge in [0.05, 0.1) is 21.3 Å². The first-order valence-electron chi connectivity index (χ1n) is 6.70. The minimum Gasteiger partial charge on any atom is -0.496 e. The first kappa shape index (κ1) is 17.0. The molecule has 1 rings (SSSR count). The number of hydrogen-bond donors (Lipinski definition) is 0. The number of hydrogen-bond acceptors (Lipinski definition) is 5. The van der Waals surface area contributed by atoms with Gasteiger partial charge in [0.15, 0.2) is 0 Å². The Hall–Kier alpha value is -2.04. The minimum absolute atomic E-state index is 0.0875. The van der Waals surface area contributed by atoms with E-state index in [2.05, 4.69) is 0 Å². The highest BCUT2D eigenvalue weighted by atomic mass is 16.5. The van der Waals surface area contributed by atoms with Crippen LogP contribution in [0.3, 0.4) is 0 Å². The van der Waals surface area contributed by atoms with Crippen LogP contribution in [0.5, 0.6) is 11.5 Å². The van der Waals surface area contributed by atoms with E-state index in [1.165, 1.54) is 14.2 Å². The molecular weight excluding hydrogens is 272 g/mol. The monoisotopic (exact) mass is 294 g/mol. The van der Waals surface area contributed by atoms with Crippen molar-refractivity contribution in [2.45, 2.75) is 33.6 Å². The standard InChI is InChI=1S/C16H22O5/c1-9(17)7-8-12-10(2)13(16(18)21-6)15(20-5)11(3)14(12)19-4/h7-8H2,1-6H3. The van der Waals surface area contributed by atoms with Gasteiger partial charge in [0.25, 0.3) is 0 Å². The highest BCUT2D eigenvalue weighted by Gasteiger charge is 2.25. The van der Waals surface area contributed by atoms with Crippen LogP contribution in [0.2, 0.25) is 0 Å². The molecule has 0 saturated heterocycles. The molecule has 5 nitrogen and oxygen atoms in total. The second-order valence-electron chi connectivity index (χ2n) is 4.86. The second-order valence-corrected chi connectivity index (χ2v) is 4.86. The molecule has 0 spiro atoms. The summed E-state index contributed by atoms with van der Waals surface area (Å²) in [6, 6.07) is 0. The molecule has 0 fully saturated rings. The summed E-state index contributed by atoms with van der Waals surface area (Å²) in [5, 5.41) is 0. The lowest BCUT2D eigenvalue weighted by atomic mass is 9.93. The first-order chi connectivity index (χ1) is 9.88. The molecule has 116 valence electrons. The van der Waals surface area contributed by atoms with Crippen molar-refractivity contribution in [1.82, 2.24) is 0 Å². The van der Waals surface area contributed by atoms with Crippen LogP contribution >= 0.6 is 0 Å². The van der Waals surface area contributed by atoms with Crippen molar-refractivity contribution < 1.29 is 23.8 Å². The molecule has 0 aliphatic carbocycles. The van der Waals surface area contributed by atoms with Crippen molar-refractivity contribution in [2.24, 2.45) is 0 Å². The number of Topliss-reactive ketones (excluding diaryl/α,β-unsaturated/α-hetero) is 1. The summed E-state index contributed by atoms with van der Waals surface area (Å²) in [5.74, 6) is 0.727. The SMILES string of the molecule is COC(=O)c1c(C)c(CCC(C)=O)c(OC)c(C)c1OC. The lowest BCUT2D eigenvalue weighted by Gasteiger charge is -2.20. The number of rotatable bonds is 6. The van der Waals surface area contributed by atoms with Crippen LogP contribution < -0.4 is 9.47 Å². The van der Waals surface area contributed by atoms with Gasteiger partial charge >= 0.3 is 5.97 Å². The minimum atomic E-state index is -0.459. The summed E-state index contributed by atoms with van der Waals surface area (Å²) in [6.07, 6.45) is 0.906. The number of esters is 1. The normalized spacial score (nSPS) is 10.2. The number of benzene rings is 1. The topological polar surface area (TPSA) is 61.8 Å². The second kappa shape index (κ2) is 7.11. The summed E-state index contributed by atoms with van der Waals surface area (Å²) in [4.78, 5) is 23.3. The Morgan fingerprint density at radius 2 is 1.52 bits per heavy atom. The zero-order chi connectivity index (χ0) is 16.2. The fourth-order valence-electron chi connectivity index (χ4n) is 2.49. The van der Waals surface area contributed by atoms with E-state index < -0.39 is 5.97 Å². The van der Waals surface area contributed by atoms with Gasteiger partial charge in [-0.25, -0.2) is 4.79 Å². The molecule has 1 aromatic carbocycles. The molecule has 0 aromatic heterocycles. The highest BCUT2D eigenvalue weighted by molar-refractivity contribution is 5.96. The fourth-order valence-corrected chi connectivity index (χ4v) is 2.49. The lowest BCUT2D eigenvalue weighted by Crippen LogP contribution is -2.12. The van der Waals surface area contributed by atoms with Crippen LogP contribution in [-0.4, -0.2) is 33.1 Å². The molecule has 0 aliphatic heterocycles. The van der Waals surface area contributed by atoms with Gasteiger partial charge in [0.2, 0.25) is 0 Å². The van der Waals surface area contributed by atoms with Crippen molar-refractivity contribution in [3.8, 4) is 11.5 Å². The van der Waals surface area contributed by atoms with Crippen LogP contribution in [0.25, 0.3) is 0 Å². The molecule has 0 unspecified atom stereocenters. The van der Waals surface area contributed by atoms with Crippen LogP contribution in [0.1, 0.15) is 40.4 Å². The van der Waals surface area contributed by atoms with Gasteiger partial charge in [-0.1, -0.05) is 0 Å². The Bertz CT molecular complexity index is 561. The summed E-state index contributed by atoms with van der Waals surface area (Å²) >= 11 is 0. The number of carbonyl (C=O) groups is 2. The van der Waals surface area contributed by atoms with Crippen molar-refractivity contribution in [2.75, 3.05) is 21.3 Å². The fraction of sp³-hybridized carbons (Fsp3) is 0.500. The van der Waals surface area contributed by atoms with E-state index in [9.17, 15) is 9.59 Å². The van der Waals surface area contributed by atoms with Crippen molar-refractivity contribution in [3.63, 3.8) is 0 Å². The van der Waals surface area contributed by atoms with Crippen LogP contribution in [-0.2, 0) is 16.0 Å². The summed E-state index contributed by atoms with van der Waals surface area (Å²) < 4.78 is 15.7.